The van der Waals surface area contributed by atoms with Crippen molar-refractivity contribution in [3.8, 4) is 11.8 Å². The molecule has 1 N–H and O–H groups in total. The van der Waals surface area contributed by atoms with E-state index in [1.54, 1.807) is 6.33 Å². The lowest BCUT2D eigenvalue weighted by Gasteiger charge is -2.14. The molecule has 1 aromatic carbocycles. The molecule has 6 heteroatoms. The maximum absolute atomic E-state index is 8.48. The number of aromatic nitrogens is 3. The minimum atomic E-state index is 0.0693. The van der Waals surface area contributed by atoms with Gasteiger partial charge in [0.25, 0.3) is 0 Å². The van der Waals surface area contributed by atoms with Gasteiger partial charge in [-0.2, -0.15) is 5.26 Å². The van der Waals surface area contributed by atoms with E-state index in [-0.39, 0.29) is 12.6 Å². The first-order valence-electron chi connectivity index (χ1n) is 6.94. The third kappa shape index (κ3) is 4.04. The molecule has 21 heavy (non-hydrogen) atoms. The van der Waals surface area contributed by atoms with Crippen LogP contribution in [0.15, 0.2) is 30.6 Å². The molecule has 0 radical (unpaired) electrons. The Balaban J connectivity index is 1.91. The highest BCUT2D eigenvalue weighted by molar-refractivity contribution is 5.29. The highest BCUT2D eigenvalue weighted by Crippen LogP contribution is 2.17. The summed E-state index contributed by atoms with van der Waals surface area (Å²) in [6.45, 7) is 5.76. The molecule has 2 rings (SSSR count). The molecule has 0 bridgehead atoms. The Morgan fingerprint density at radius 2 is 2.14 bits per heavy atom. The van der Waals surface area contributed by atoms with Crippen LogP contribution in [0.3, 0.4) is 0 Å². The van der Waals surface area contributed by atoms with Gasteiger partial charge in [-0.3, -0.25) is 0 Å². The Labute approximate surface area is 124 Å². The summed E-state index contributed by atoms with van der Waals surface area (Å²) in [5.74, 6) is 1.64. The predicted molar refractivity (Wildman–Crippen MR) is 78.5 cm³/mol. The molecule has 0 aliphatic carbocycles. The van der Waals surface area contributed by atoms with E-state index in [2.05, 4.69) is 29.4 Å². The van der Waals surface area contributed by atoms with Crippen molar-refractivity contribution >= 4 is 0 Å². The first-order chi connectivity index (χ1) is 10.2. The van der Waals surface area contributed by atoms with Gasteiger partial charge in [-0.1, -0.05) is 12.1 Å². The fourth-order valence-corrected chi connectivity index (χ4v) is 2.01. The molecule has 1 aromatic heterocycles. The molecule has 0 amide bonds. The SMILES string of the molecule is CCn1cnnc1CNC(C)c1ccc(OCC#N)cc1. The van der Waals surface area contributed by atoms with Gasteiger partial charge < -0.3 is 14.6 Å². The lowest BCUT2D eigenvalue weighted by molar-refractivity contribution is 0.368. The fraction of sp³-hybridized carbons (Fsp3) is 0.400. The van der Waals surface area contributed by atoms with E-state index in [0.29, 0.717) is 12.3 Å². The number of hydrogen-bond donors (Lipinski definition) is 1. The zero-order chi connectivity index (χ0) is 15.1. The van der Waals surface area contributed by atoms with Crippen LogP contribution in [0, 0.1) is 11.3 Å². The molecule has 0 saturated heterocycles. The first kappa shape index (κ1) is 15.0. The second-order valence-corrected chi connectivity index (χ2v) is 4.65. The van der Waals surface area contributed by atoms with E-state index in [0.717, 1.165) is 17.9 Å². The monoisotopic (exact) mass is 285 g/mol. The summed E-state index contributed by atoms with van der Waals surface area (Å²) in [6.07, 6.45) is 1.74. The van der Waals surface area contributed by atoms with Crippen molar-refractivity contribution in [1.29, 1.82) is 5.26 Å². The number of ether oxygens (including phenoxy) is 1. The molecular formula is C15H19N5O. The van der Waals surface area contributed by atoms with Crippen LogP contribution in [-0.4, -0.2) is 21.4 Å². The van der Waals surface area contributed by atoms with Gasteiger partial charge in [0.05, 0.1) is 6.54 Å². The van der Waals surface area contributed by atoms with Crippen molar-refractivity contribution in [2.75, 3.05) is 6.61 Å². The number of hydrogen-bond acceptors (Lipinski definition) is 5. The van der Waals surface area contributed by atoms with Gasteiger partial charge in [0, 0.05) is 12.6 Å². The molecule has 0 aliphatic heterocycles. The van der Waals surface area contributed by atoms with Crippen LogP contribution in [0.4, 0.5) is 0 Å². The summed E-state index contributed by atoms with van der Waals surface area (Å²) < 4.78 is 7.25. The van der Waals surface area contributed by atoms with Gasteiger partial charge in [-0.15, -0.1) is 10.2 Å². The van der Waals surface area contributed by atoms with Gasteiger partial charge in [0.15, 0.2) is 6.61 Å². The summed E-state index contributed by atoms with van der Waals surface area (Å²) in [4.78, 5) is 0. The quantitative estimate of drug-likeness (QED) is 0.842. The van der Waals surface area contributed by atoms with Crippen LogP contribution < -0.4 is 10.1 Å². The van der Waals surface area contributed by atoms with Crippen LogP contribution in [-0.2, 0) is 13.1 Å². The Morgan fingerprint density at radius 1 is 1.38 bits per heavy atom. The Hall–Kier alpha value is -2.39. The second kappa shape index (κ2) is 7.41. The topological polar surface area (TPSA) is 75.8 Å². The minimum absolute atomic E-state index is 0.0693. The largest absolute Gasteiger partial charge is 0.479 e. The molecule has 0 spiro atoms. The molecular weight excluding hydrogens is 266 g/mol. The number of benzene rings is 1. The van der Waals surface area contributed by atoms with Crippen molar-refractivity contribution in [3.05, 3.63) is 42.0 Å². The number of aryl methyl sites for hydroxylation is 1. The fourth-order valence-electron chi connectivity index (χ4n) is 2.01. The lowest BCUT2D eigenvalue weighted by atomic mass is 10.1. The minimum Gasteiger partial charge on any atom is -0.479 e. The van der Waals surface area contributed by atoms with Crippen LogP contribution in [0.2, 0.25) is 0 Å². The maximum Gasteiger partial charge on any atom is 0.174 e. The van der Waals surface area contributed by atoms with Gasteiger partial charge in [-0.25, -0.2) is 0 Å². The molecule has 1 heterocycles. The zero-order valence-electron chi connectivity index (χ0n) is 12.3. The Kier molecular flexibility index (Phi) is 5.29. The van der Waals surface area contributed by atoms with E-state index in [9.17, 15) is 0 Å². The van der Waals surface area contributed by atoms with Crippen molar-refractivity contribution < 1.29 is 4.74 Å². The van der Waals surface area contributed by atoms with Crippen LogP contribution in [0.5, 0.6) is 5.75 Å². The van der Waals surface area contributed by atoms with Crippen molar-refractivity contribution in [2.24, 2.45) is 0 Å². The normalized spacial score (nSPS) is 11.9. The van der Waals surface area contributed by atoms with E-state index in [1.807, 2.05) is 34.9 Å². The zero-order valence-corrected chi connectivity index (χ0v) is 12.3. The van der Waals surface area contributed by atoms with E-state index in [1.165, 1.54) is 0 Å². The first-order valence-corrected chi connectivity index (χ1v) is 6.94. The standard InChI is InChI=1S/C15H19N5O/c1-3-20-11-18-19-15(20)10-17-12(2)13-4-6-14(7-5-13)21-9-8-16/h4-7,11-12,17H,3,9-10H2,1-2H3. The predicted octanol–water partition coefficient (Wildman–Crippen LogP) is 2.05. The number of nitrogens with one attached hydrogen (secondary N) is 1. The second-order valence-electron chi connectivity index (χ2n) is 4.65. The smallest absolute Gasteiger partial charge is 0.174 e. The van der Waals surface area contributed by atoms with Crippen molar-refractivity contribution in [3.63, 3.8) is 0 Å². The molecule has 0 saturated carbocycles. The van der Waals surface area contributed by atoms with Crippen LogP contribution in [0.1, 0.15) is 31.3 Å². The van der Waals surface area contributed by atoms with E-state index >= 15 is 0 Å². The molecule has 1 atom stereocenters. The van der Waals surface area contributed by atoms with E-state index < -0.39 is 0 Å². The van der Waals surface area contributed by atoms with Crippen LogP contribution >= 0.6 is 0 Å². The summed E-state index contributed by atoms with van der Waals surface area (Å²) in [6, 6.07) is 9.88. The van der Waals surface area contributed by atoms with Crippen molar-refractivity contribution in [2.45, 2.75) is 33.0 Å². The summed E-state index contributed by atoms with van der Waals surface area (Å²) in [5.41, 5.74) is 1.15. The lowest BCUT2D eigenvalue weighted by Crippen LogP contribution is -2.20. The third-order valence-corrected chi connectivity index (χ3v) is 3.29. The number of nitriles is 1. The van der Waals surface area contributed by atoms with Gasteiger partial charge in [0.2, 0.25) is 0 Å². The molecule has 0 aliphatic rings. The molecule has 2 aromatic rings. The van der Waals surface area contributed by atoms with Crippen LogP contribution in [0.25, 0.3) is 0 Å². The molecule has 0 fully saturated rings. The number of rotatable bonds is 7. The van der Waals surface area contributed by atoms with Gasteiger partial charge >= 0.3 is 0 Å². The average molecular weight is 285 g/mol. The highest BCUT2D eigenvalue weighted by Gasteiger charge is 2.08. The average Bonchev–Trinajstić information content (AvgIpc) is 2.98. The van der Waals surface area contributed by atoms with E-state index in [4.69, 9.17) is 10.00 Å². The Bertz CT molecular complexity index is 599. The maximum atomic E-state index is 8.48. The highest BCUT2D eigenvalue weighted by atomic mass is 16.5. The van der Waals surface area contributed by atoms with Gasteiger partial charge in [0.1, 0.15) is 24.0 Å². The summed E-state index contributed by atoms with van der Waals surface area (Å²) in [5, 5.41) is 19.9. The van der Waals surface area contributed by atoms with Gasteiger partial charge in [-0.05, 0) is 31.5 Å². The molecule has 6 nitrogen and oxygen atoms in total. The Morgan fingerprint density at radius 3 is 2.81 bits per heavy atom. The number of nitrogens with zero attached hydrogens (tertiary/aromatic N) is 4. The summed E-state index contributed by atoms with van der Waals surface area (Å²) >= 11 is 0. The van der Waals surface area contributed by atoms with Crippen molar-refractivity contribution in [1.82, 2.24) is 20.1 Å². The molecule has 110 valence electrons. The molecule has 1 unspecified atom stereocenters. The third-order valence-electron chi connectivity index (χ3n) is 3.29. The summed E-state index contributed by atoms with van der Waals surface area (Å²) in [7, 11) is 0.